The molecule has 24 heavy (non-hydrogen) atoms. The first-order valence-corrected chi connectivity index (χ1v) is 7.60. The minimum absolute atomic E-state index is 0.145. The lowest BCUT2D eigenvalue weighted by Crippen LogP contribution is -2.23. The van der Waals surface area contributed by atoms with Gasteiger partial charge < -0.3 is 10.1 Å². The number of ether oxygens (including phenoxy) is 1. The van der Waals surface area contributed by atoms with Crippen molar-refractivity contribution in [1.82, 2.24) is 0 Å². The Bertz CT molecular complexity index is 750. The highest BCUT2D eigenvalue weighted by atomic mass is 19.1. The van der Waals surface area contributed by atoms with Gasteiger partial charge in [-0.05, 0) is 29.2 Å². The van der Waals surface area contributed by atoms with Crippen molar-refractivity contribution in [2.45, 2.75) is 26.2 Å². The molecule has 2 aromatic rings. The van der Waals surface area contributed by atoms with Crippen LogP contribution in [0.4, 0.5) is 10.1 Å². The molecule has 5 heteroatoms. The summed E-state index contributed by atoms with van der Waals surface area (Å²) in [5, 5.41) is 2.73. The predicted octanol–water partition coefficient (Wildman–Crippen LogP) is 3.92. The molecule has 0 fully saturated rings. The number of hydrogen-bond acceptors (Lipinski definition) is 3. The maximum atomic E-state index is 13.5. The number of esters is 1. The minimum atomic E-state index is -0.868. The van der Waals surface area contributed by atoms with Crippen molar-refractivity contribution in [3.63, 3.8) is 0 Å². The summed E-state index contributed by atoms with van der Waals surface area (Å²) < 4.78 is 18.4. The monoisotopic (exact) mass is 329 g/mol. The number of rotatable bonds is 4. The normalized spacial score (nSPS) is 11.0. The van der Waals surface area contributed by atoms with Crippen LogP contribution in [0.25, 0.3) is 0 Å². The average molecular weight is 329 g/mol. The molecule has 0 aromatic heterocycles. The number of carbonyl (C=O) groups is 2. The van der Waals surface area contributed by atoms with Crippen molar-refractivity contribution in [2.75, 3.05) is 11.9 Å². The summed E-state index contributed by atoms with van der Waals surface area (Å²) in [6.07, 6.45) is 0. The highest BCUT2D eigenvalue weighted by Crippen LogP contribution is 2.29. The SMILES string of the molecule is CC(C)(C)c1ccccc1NC(=O)COC(=O)c1ccccc1F. The molecule has 0 atom stereocenters. The molecule has 0 radical (unpaired) electrons. The second kappa shape index (κ2) is 7.25. The van der Waals surface area contributed by atoms with E-state index in [9.17, 15) is 14.0 Å². The van der Waals surface area contributed by atoms with Gasteiger partial charge >= 0.3 is 5.97 Å². The Labute approximate surface area is 140 Å². The summed E-state index contributed by atoms with van der Waals surface area (Å²) in [6.45, 7) is 5.63. The van der Waals surface area contributed by atoms with Crippen LogP contribution < -0.4 is 5.32 Å². The summed E-state index contributed by atoms with van der Waals surface area (Å²) in [4.78, 5) is 23.8. The molecule has 4 nitrogen and oxygen atoms in total. The number of anilines is 1. The van der Waals surface area contributed by atoms with Crippen LogP contribution in [0.3, 0.4) is 0 Å². The van der Waals surface area contributed by atoms with E-state index in [-0.39, 0.29) is 11.0 Å². The van der Waals surface area contributed by atoms with Gasteiger partial charge in [0.1, 0.15) is 5.82 Å². The molecule has 0 spiro atoms. The third-order valence-electron chi connectivity index (χ3n) is 3.44. The molecule has 0 heterocycles. The van der Waals surface area contributed by atoms with Gasteiger partial charge in [0.15, 0.2) is 6.61 Å². The number of hydrogen-bond donors (Lipinski definition) is 1. The van der Waals surface area contributed by atoms with E-state index in [1.807, 2.05) is 39.0 Å². The van der Waals surface area contributed by atoms with Gasteiger partial charge in [0.2, 0.25) is 0 Å². The molecule has 2 rings (SSSR count). The third-order valence-corrected chi connectivity index (χ3v) is 3.44. The smallest absolute Gasteiger partial charge is 0.341 e. The minimum Gasteiger partial charge on any atom is -0.452 e. The standard InChI is InChI=1S/C19H20FNO3/c1-19(2,3)14-9-5-7-11-16(14)21-17(22)12-24-18(23)13-8-4-6-10-15(13)20/h4-11H,12H2,1-3H3,(H,21,22). The van der Waals surface area contributed by atoms with Crippen LogP contribution in [0.2, 0.25) is 0 Å². The highest BCUT2D eigenvalue weighted by molar-refractivity contribution is 5.96. The van der Waals surface area contributed by atoms with Gasteiger partial charge in [-0.25, -0.2) is 9.18 Å². The van der Waals surface area contributed by atoms with Crippen molar-refractivity contribution < 1.29 is 18.7 Å². The average Bonchev–Trinajstić information content (AvgIpc) is 2.52. The Morgan fingerprint density at radius 1 is 1.04 bits per heavy atom. The third kappa shape index (κ3) is 4.41. The molecule has 0 saturated carbocycles. The quantitative estimate of drug-likeness (QED) is 0.865. The van der Waals surface area contributed by atoms with Gasteiger partial charge in [-0.3, -0.25) is 4.79 Å². The zero-order chi connectivity index (χ0) is 17.7. The van der Waals surface area contributed by atoms with Gasteiger partial charge in [-0.15, -0.1) is 0 Å². The topological polar surface area (TPSA) is 55.4 Å². The first-order chi connectivity index (χ1) is 11.3. The summed E-state index contributed by atoms with van der Waals surface area (Å²) in [7, 11) is 0. The lowest BCUT2D eigenvalue weighted by Gasteiger charge is -2.22. The Hall–Kier alpha value is -2.69. The summed E-state index contributed by atoms with van der Waals surface area (Å²) >= 11 is 0. The first-order valence-electron chi connectivity index (χ1n) is 7.60. The van der Waals surface area contributed by atoms with Crippen LogP contribution in [0.5, 0.6) is 0 Å². The van der Waals surface area contributed by atoms with Crippen LogP contribution in [0.1, 0.15) is 36.7 Å². The summed E-state index contributed by atoms with van der Waals surface area (Å²) in [6, 6.07) is 12.9. The van der Waals surface area contributed by atoms with Gasteiger partial charge in [0.05, 0.1) is 5.56 Å². The Balaban J connectivity index is 2.00. The summed E-state index contributed by atoms with van der Waals surface area (Å²) in [5.74, 6) is -2.02. The van der Waals surface area contributed by atoms with Gasteiger partial charge in [0, 0.05) is 5.69 Å². The Morgan fingerprint density at radius 2 is 1.67 bits per heavy atom. The van der Waals surface area contributed by atoms with E-state index >= 15 is 0 Å². The fraction of sp³-hybridized carbons (Fsp3) is 0.263. The fourth-order valence-electron chi connectivity index (χ4n) is 2.27. The highest BCUT2D eigenvalue weighted by Gasteiger charge is 2.19. The van der Waals surface area contributed by atoms with E-state index in [0.29, 0.717) is 5.69 Å². The number of carbonyl (C=O) groups excluding carboxylic acids is 2. The molecule has 0 saturated heterocycles. The molecular weight excluding hydrogens is 309 g/mol. The Morgan fingerprint density at radius 3 is 2.33 bits per heavy atom. The molecule has 0 unspecified atom stereocenters. The van der Waals surface area contributed by atoms with E-state index in [1.165, 1.54) is 18.2 Å². The molecule has 126 valence electrons. The zero-order valence-electron chi connectivity index (χ0n) is 13.9. The molecule has 0 aliphatic carbocycles. The fourth-order valence-corrected chi connectivity index (χ4v) is 2.27. The number of halogens is 1. The molecule has 1 N–H and O–H groups in total. The second-order valence-corrected chi connectivity index (χ2v) is 6.40. The molecule has 0 bridgehead atoms. The molecular formula is C19H20FNO3. The second-order valence-electron chi connectivity index (χ2n) is 6.40. The lowest BCUT2D eigenvalue weighted by atomic mass is 9.86. The van der Waals surface area contributed by atoms with Crippen LogP contribution in [-0.2, 0) is 14.9 Å². The van der Waals surface area contributed by atoms with Gasteiger partial charge in [0.25, 0.3) is 5.91 Å². The van der Waals surface area contributed by atoms with Crippen molar-refractivity contribution in [3.8, 4) is 0 Å². The maximum absolute atomic E-state index is 13.5. The van der Waals surface area contributed by atoms with Crippen molar-refractivity contribution in [1.29, 1.82) is 0 Å². The van der Waals surface area contributed by atoms with Gasteiger partial charge in [-0.1, -0.05) is 51.1 Å². The molecule has 0 aliphatic rings. The lowest BCUT2D eigenvalue weighted by molar-refractivity contribution is -0.119. The maximum Gasteiger partial charge on any atom is 0.341 e. The first kappa shape index (κ1) is 17.7. The largest absolute Gasteiger partial charge is 0.452 e. The number of para-hydroxylation sites is 1. The van der Waals surface area contributed by atoms with Crippen LogP contribution >= 0.6 is 0 Å². The summed E-state index contributed by atoms with van der Waals surface area (Å²) in [5.41, 5.74) is 1.30. The number of benzene rings is 2. The van der Waals surface area contributed by atoms with E-state index in [4.69, 9.17) is 4.74 Å². The van der Waals surface area contributed by atoms with Gasteiger partial charge in [-0.2, -0.15) is 0 Å². The van der Waals surface area contributed by atoms with Crippen LogP contribution in [-0.4, -0.2) is 18.5 Å². The van der Waals surface area contributed by atoms with Crippen LogP contribution in [0, 0.1) is 5.82 Å². The predicted molar refractivity (Wildman–Crippen MR) is 90.5 cm³/mol. The van der Waals surface area contributed by atoms with Crippen molar-refractivity contribution in [2.24, 2.45) is 0 Å². The van der Waals surface area contributed by atoms with Crippen LogP contribution in [0.15, 0.2) is 48.5 Å². The van der Waals surface area contributed by atoms with Crippen molar-refractivity contribution >= 4 is 17.6 Å². The molecule has 1 amide bonds. The molecule has 0 aliphatic heterocycles. The van der Waals surface area contributed by atoms with E-state index in [2.05, 4.69) is 5.32 Å². The molecule has 2 aromatic carbocycles. The van der Waals surface area contributed by atoms with Crippen molar-refractivity contribution in [3.05, 3.63) is 65.5 Å². The number of nitrogens with one attached hydrogen (secondary N) is 1. The zero-order valence-corrected chi connectivity index (χ0v) is 13.9. The van der Waals surface area contributed by atoms with E-state index in [0.717, 1.165) is 11.6 Å². The number of amides is 1. The van der Waals surface area contributed by atoms with E-state index < -0.39 is 24.3 Å². The Kier molecular flexibility index (Phi) is 5.34. The van der Waals surface area contributed by atoms with E-state index in [1.54, 1.807) is 6.07 Å².